The van der Waals surface area contributed by atoms with Crippen molar-refractivity contribution in [3.8, 4) is 0 Å². The minimum absolute atomic E-state index is 0.0395. The van der Waals surface area contributed by atoms with Crippen LogP contribution in [0.15, 0.2) is 30.3 Å². The van der Waals surface area contributed by atoms with Gasteiger partial charge in [0.05, 0.1) is 18.8 Å². The van der Waals surface area contributed by atoms with E-state index >= 15 is 0 Å². The summed E-state index contributed by atoms with van der Waals surface area (Å²) in [4.78, 5) is 0. The predicted molar refractivity (Wildman–Crippen MR) is 99.6 cm³/mol. The summed E-state index contributed by atoms with van der Waals surface area (Å²) in [6, 6.07) is 10.1. The normalized spacial score (nSPS) is 20.0. The second kappa shape index (κ2) is 10.2. The zero-order chi connectivity index (χ0) is 17.4. The lowest BCUT2D eigenvalue weighted by Gasteiger charge is -2.30. The number of hydrogen-bond acceptors (Lipinski definition) is 3. The number of hydrogen-bond donors (Lipinski definition) is 2. The van der Waals surface area contributed by atoms with Crippen LogP contribution in [-0.4, -0.2) is 23.4 Å². The number of nitrogens with two attached hydrogens (primary N) is 1. The van der Waals surface area contributed by atoms with Crippen LogP contribution in [0.2, 0.25) is 0 Å². The number of rotatable bonds is 9. The fourth-order valence-corrected chi connectivity index (χ4v) is 3.69. The van der Waals surface area contributed by atoms with Crippen LogP contribution in [0, 0.1) is 11.8 Å². The topological polar surface area (TPSA) is 55.5 Å². The van der Waals surface area contributed by atoms with E-state index in [9.17, 15) is 5.11 Å². The van der Waals surface area contributed by atoms with Crippen LogP contribution in [0.5, 0.6) is 0 Å². The Morgan fingerprint density at radius 3 is 2.42 bits per heavy atom. The molecule has 3 nitrogen and oxygen atoms in total. The Bertz CT molecular complexity index is 442. The van der Waals surface area contributed by atoms with Crippen LogP contribution >= 0.6 is 0 Å². The van der Waals surface area contributed by atoms with Crippen molar-refractivity contribution >= 4 is 0 Å². The van der Waals surface area contributed by atoms with Gasteiger partial charge in [-0.3, -0.25) is 0 Å². The molecule has 24 heavy (non-hydrogen) atoms. The van der Waals surface area contributed by atoms with Crippen molar-refractivity contribution in [3.05, 3.63) is 35.9 Å². The van der Waals surface area contributed by atoms with E-state index in [1.807, 2.05) is 18.2 Å². The summed E-state index contributed by atoms with van der Waals surface area (Å²) in [5, 5.41) is 10.6. The van der Waals surface area contributed by atoms with E-state index in [0.717, 1.165) is 6.42 Å². The highest BCUT2D eigenvalue weighted by molar-refractivity contribution is 5.13. The second-order valence-electron chi connectivity index (χ2n) is 7.79. The Balaban J connectivity index is 1.79. The molecule has 0 aliphatic heterocycles. The van der Waals surface area contributed by atoms with Gasteiger partial charge < -0.3 is 15.6 Å². The van der Waals surface area contributed by atoms with E-state index < -0.39 is 6.10 Å². The smallest absolute Gasteiger partial charge is 0.0720 e. The molecule has 0 spiro atoms. The molecule has 3 atom stereocenters. The van der Waals surface area contributed by atoms with Crippen molar-refractivity contribution in [2.75, 3.05) is 0 Å². The minimum atomic E-state index is -0.477. The van der Waals surface area contributed by atoms with Gasteiger partial charge in [-0.1, -0.05) is 76.3 Å². The molecule has 1 aromatic rings. The Labute approximate surface area is 147 Å². The summed E-state index contributed by atoms with van der Waals surface area (Å²) in [5.41, 5.74) is 7.47. The molecule has 0 saturated heterocycles. The molecule has 1 aliphatic carbocycles. The third-order valence-corrected chi connectivity index (χ3v) is 5.35. The van der Waals surface area contributed by atoms with E-state index in [-0.39, 0.29) is 12.1 Å². The first-order chi connectivity index (χ1) is 11.6. The maximum Gasteiger partial charge on any atom is 0.0720 e. The minimum Gasteiger partial charge on any atom is -0.391 e. The Morgan fingerprint density at radius 1 is 1.12 bits per heavy atom. The van der Waals surface area contributed by atoms with Crippen LogP contribution < -0.4 is 5.73 Å². The number of aliphatic hydroxyl groups is 1. The Kier molecular flexibility index (Phi) is 8.23. The van der Waals surface area contributed by atoms with Gasteiger partial charge in [0.2, 0.25) is 0 Å². The van der Waals surface area contributed by atoms with E-state index in [0.29, 0.717) is 24.9 Å². The van der Waals surface area contributed by atoms with Crippen LogP contribution in [0.25, 0.3) is 0 Å². The lowest BCUT2D eigenvalue weighted by Crippen LogP contribution is -2.40. The molecule has 3 N–H and O–H groups in total. The van der Waals surface area contributed by atoms with Gasteiger partial charge in [0.25, 0.3) is 0 Å². The first kappa shape index (κ1) is 19.4. The molecule has 2 rings (SSSR count). The van der Waals surface area contributed by atoms with Gasteiger partial charge in [0, 0.05) is 12.5 Å². The maximum atomic E-state index is 10.6. The summed E-state index contributed by atoms with van der Waals surface area (Å²) in [6.07, 6.45) is 7.69. The third-order valence-electron chi connectivity index (χ3n) is 5.35. The van der Waals surface area contributed by atoms with Gasteiger partial charge in [-0.15, -0.1) is 0 Å². The summed E-state index contributed by atoms with van der Waals surface area (Å²) in [7, 11) is 0. The van der Waals surface area contributed by atoms with Crippen molar-refractivity contribution in [1.82, 2.24) is 0 Å². The molecular weight excluding hydrogens is 298 g/mol. The van der Waals surface area contributed by atoms with Crippen LogP contribution in [0.3, 0.4) is 0 Å². The molecule has 0 bridgehead atoms. The first-order valence-corrected chi connectivity index (χ1v) is 9.65. The SMILES string of the molecule is CC(C)[C@H](C[C@H](O)[C@@H](N)CC1CCCCC1)OCc1ccccc1. The van der Waals surface area contributed by atoms with Crippen LogP contribution in [0.1, 0.15) is 64.4 Å². The Morgan fingerprint density at radius 2 is 1.79 bits per heavy atom. The van der Waals surface area contributed by atoms with Gasteiger partial charge in [-0.05, 0) is 23.8 Å². The fourth-order valence-electron chi connectivity index (χ4n) is 3.69. The lowest BCUT2D eigenvalue weighted by molar-refractivity contribution is -0.0278. The average molecular weight is 334 g/mol. The lowest BCUT2D eigenvalue weighted by atomic mass is 9.83. The van der Waals surface area contributed by atoms with Crippen molar-refractivity contribution < 1.29 is 9.84 Å². The highest BCUT2D eigenvalue weighted by Gasteiger charge is 2.26. The largest absolute Gasteiger partial charge is 0.391 e. The molecule has 0 aromatic heterocycles. The average Bonchev–Trinajstić information content (AvgIpc) is 2.59. The van der Waals surface area contributed by atoms with Gasteiger partial charge in [0.15, 0.2) is 0 Å². The van der Waals surface area contributed by atoms with E-state index in [4.69, 9.17) is 10.5 Å². The summed E-state index contributed by atoms with van der Waals surface area (Å²) < 4.78 is 6.08. The molecule has 3 heteroatoms. The van der Waals surface area contributed by atoms with Crippen LogP contribution in [0.4, 0.5) is 0 Å². The molecule has 1 aliphatic rings. The van der Waals surface area contributed by atoms with Crippen molar-refractivity contribution in [3.63, 3.8) is 0 Å². The maximum absolute atomic E-state index is 10.6. The zero-order valence-corrected chi connectivity index (χ0v) is 15.4. The molecular formula is C21H35NO2. The van der Waals surface area contributed by atoms with Gasteiger partial charge >= 0.3 is 0 Å². The molecule has 0 radical (unpaired) electrons. The van der Waals surface area contributed by atoms with Crippen molar-refractivity contribution in [2.45, 2.75) is 83.6 Å². The van der Waals surface area contributed by atoms with Crippen molar-refractivity contribution in [1.29, 1.82) is 0 Å². The van der Waals surface area contributed by atoms with Crippen molar-refractivity contribution in [2.24, 2.45) is 17.6 Å². The van der Waals surface area contributed by atoms with Gasteiger partial charge in [0.1, 0.15) is 0 Å². The summed E-state index contributed by atoms with van der Waals surface area (Å²) in [6.45, 7) is 4.89. The third kappa shape index (κ3) is 6.54. The fraction of sp³-hybridized carbons (Fsp3) is 0.714. The Hall–Kier alpha value is -0.900. The molecule has 1 aromatic carbocycles. The standard InChI is InChI=1S/C21H35NO2/c1-16(2)21(24-15-18-11-7-4-8-12-18)14-20(23)19(22)13-17-9-5-3-6-10-17/h4,7-8,11-12,16-17,19-21,23H,3,5-6,9-10,13-15,22H2,1-2H3/t19-,20-,21-/m0/s1. The summed E-state index contributed by atoms with van der Waals surface area (Å²) in [5.74, 6) is 1.07. The zero-order valence-electron chi connectivity index (χ0n) is 15.4. The number of ether oxygens (including phenoxy) is 1. The molecule has 136 valence electrons. The summed E-state index contributed by atoms with van der Waals surface area (Å²) >= 11 is 0. The van der Waals surface area contributed by atoms with E-state index in [2.05, 4.69) is 26.0 Å². The second-order valence-corrected chi connectivity index (χ2v) is 7.79. The predicted octanol–water partition coefficient (Wildman–Crippen LogP) is 4.28. The highest BCUT2D eigenvalue weighted by Crippen LogP contribution is 2.28. The quantitative estimate of drug-likeness (QED) is 0.709. The monoisotopic (exact) mass is 333 g/mol. The van der Waals surface area contributed by atoms with Gasteiger partial charge in [-0.2, -0.15) is 0 Å². The van der Waals surface area contributed by atoms with Gasteiger partial charge in [-0.25, -0.2) is 0 Å². The molecule has 0 heterocycles. The van der Waals surface area contributed by atoms with Crippen LogP contribution in [-0.2, 0) is 11.3 Å². The highest BCUT2D eigenvalue weighted by atomic mass is 16.5. The molecule has 1 fully saturated rings. The van der Waals surface area contributed by atoms with E-state index in [1.165, 1.54) is 37.7 Å². The molecule has 1 saturated carbocycles. The number of aliphatic hydroxyl groups excluding tert-OH is 1. The molecule has 0 unspecified atom stereocenters. The molecule has 0 amide bonds. The first-order valence-electron chi connectivity index (χ1n) is 9.65. The number of benzene rings is 1. The van der Waals surface area contributed by atoms with E-state index in [1.54, 1.807) is 0 Å².